The highest BCUT2D eigenvalue weighted by Crippen LogP contribution is 2.24. The van der Waals surface area contributed by atoms with Crippen molar-refractivity contribution in [3.05, 3.63) is 76.5 Å². The summed E-state index contributed by atoms with van der Waals surface area (Å²) in [6.45, 7) is 3.12. The van der Waals surface area contributed by atoms with Crippen LogP contribution in [0.4, 0.5) is 0 Å². The highest BCUT2D eigenvalue weighted by Gasteiger charge is 2.19. The van der Waals surface area contributed by atoms with E-state index in [-0.39, 0.29) is 12.5 Å². The lowest BCUT2D eigenvalue weighted by molar-refractivity contribution is -0.152. The average molecular weight is 406 g/mol. The van der Waals surface area contributed by atoms with Crippen molar-refractivity contribution in [2.24, 2.45) is 0 Å². The van der Waals surface area contributed by atoms with Gasteiger partial charge in [0.2, 0.25) is 5.89 Å². The van der Waals surface area contributed by atoms with E-state index in [0.717, 1.165) is 16.5 Å². The number of carbonyl (C=O) groups is 1. The van der Waals surface area contributed by atoms with Crippen LogP contribution in [0.5, 0.6) is 5.75 Å². The molecule has 152 valence electrons. The van der Waals surface area contributed by atoms with Crippen LogP contribution in [0.2, 0.25) is 0 Å². The van der Waals surface area contributed by atoms with E-state index in [1.165, 1.54) is 6.07 Å². The van der Waals surface area contributed by atoms with Crippen molar-refractivity contribution < 1.29 is 23.1 Å². The number of fused-ring (bicyclic) bond motifs is 1. The van der Waals surface area contributed by atoms with Gasteiger partial charge in [-0.05, 0) is 43.7 Å². The van der Waals surface area contributed by atoms with Gasteiger partial charge >= 0.3 is 11.6 Å². The van der Waals surface area contributed by atoms with Crippen LogP contribution >= 0.6 is 0 Å². The zero-order valence-corrected chi connectivity index (χ0v) is 16.3. The molecule has 8 heteroatoms. The molecule has 0 N–H and O–H groups in total. The Bertz CT molecular complexity index is 1250. The monoisotopic (exact) mass is 406 g/mol. The number of esters is 1. The normalized spacial score (nSPS) is 11.9. The van der Waals surface area contributed by atoms with Gasteiger partial charge in [-0.1, -0.05) is 18.2 Å². The van der Waals surface area contributed by atoms with Crippen molar-refractivity contribution in [3.8, 4) is 17.2 Å². The molecule has 0 aliphatic heterocycles. The van der Waals surface area contributed by atoms with Crippen LogP contribution in [0.15, 0.2) is 68.2 Å². The zero-order valence-electron chi connectivity index (χ0n) is 16.3. The Morgan fingerprint density at radius 3 is 2.67 bits per heavy atom. The minimum atomic E-state index is -0.733. The lowest BCUT2D eigenvalue weighted by Gasteiger charge is -2.11. The molecule has 0 saturated carbocycles. The second kappa shape index (κ2) is 8.20. The van der Waals surface area contributed by atoms with Crippen LogP contribution < -0.4 is 10.4 Å². The number of aromatic nitrogens is 2. The van der Waals surface area contributed by atoms with Crippen LogP contribution in [-0.2, 0) is 9.53 Å². The summed E-state index contributed by atoms with van der Waals surface area (Å²) in [6.07, 6.45) is -0.733. The molecule has 0 aliphatic carbocycles. The first-order chi connectivity index (χ1) is 14.5. The SMILES string of the molecule is Cc1cc(=O)oc2cc(OCC(=O)O[C@H](C)c3nnc(-c4ccccc4)o3)ccc12. The van der Waals surface area contributed by atoms with E-state index in [0.29, 0.717) is 17.2 Å². The molecular weight excluding hydrogens is 388 g/mol. The molecule has 0 spiro atoms. The fourth-order valence-corrected chi connectivity index (χ4v) is 2.92. The number of hydrogen-bond acceptors (Lipinski definition) is 8. The van der Waals surface area contributed by atoms with Crippen LogP contribution in [0, 0.1) is 6.92 Å². The Morgan fingerprint density at radius 1 is 1.07 bits per heavy atom. The predicted octanol–water partition coefficient (Wildman–Crippen LogP) is 3.83. The molecule has 4 aromatic rings. The smallest absolute Gasteiger partial charge is 0.344 e. The molecule has 0 unspecified atom stereocenters. The van der Waals surface area contributed by atoms with Gasteiger partial charge < -0.3 is 18.3 Å². The second-order valence-corrected chi connectivity index (χ2v) is 6.64. The largest absolute Gasteiger partial charge is 0.482 e. The van der Waals surface area contributed by atoms with Gasteiger partial charge in [-0.3, -0.25) is 0 Å². The van der Waals surface area contributed by atoms with Crippen molar-refractivity contribution in [3.63, 3.8) is 0 Å². The molecule has 0 saturated heterocycles. The van der Waals surface area contributed by atoms with Crippen molar-refractivity contribution >= 4 is 16.9 Å². The van der Waals surface area contributed by atoms with Crippen molar-refractivity contribution in [1.29, 1.82) is 0 Å². The third kappa shape index (κ3) is 4.22. The Labute approximate surface area is 171 Å². The van der Waals surface area contributed by atoms with Gasteiger partial charge in [-0.15, -0.1) is 10.2 Å². The van der Waals surface area contributed by atoms with E-state index in [9.17, 15) is 9.59 Å². The Kier molecular flexibility index (Phi) is 5.30. The fourth-order valence-electron chi connectivity index (χ4n) is 2.92. The number of carbonyl (C=O) groups excluding carboxylic acids is 1. The molecule has 4 rings (SSSR count). The van der Waals surface area contributed by atoms with E-state index < -0.39 is 17.7 Å². The summed E-state index contributed by atoms with van der Waals surface area (Å²) in [5.41, 5.74) is 1.52. The maximum absolute atomic E-state index is 12.1. The van der Waals surface area contributed by atoms with E-state index in [4.69, 9.17) is 18.3 Å². The minimum absolute atomic E-state index is 0.185. The predicted molar refractivity (Wildman–Crippen MR) is 107 cm³/mol. The van der Waals surface area contributed by atoms with Crippen LogP contribution in [0.1, 0.15) is 24.5 Å². The first-order valence-corrected chi connectivity index (χ1v) is 9.25. The molecule has 2 aromatic carbocycles. The average Bonchev–Trinajstić information content (AvgIpc) is 3.23. The first-order valence-electron chi connectivity index (χ1n) is 9.25. The van der Waals surface area contributed by atoms with Gasteiger partial charge in [0.15, 0.2) is 12.7 Å². The highest BCUT2D eigenvalue weighted by atomic mass is 16.6. The number of benzene rings is 2. The third-order valence-corrected chi connectivity index (χ3v) is 4.40. The lowest BCUT2D eigenvalue weighted by atomic mass is 10.1. The van der Waals surface area contributed by atoms with E-state index in [1.807, 2.05) is 37.3 Å². The van der Waals surface area contributed by atoms with Crippen LogP contribution in [0.3, 0.4) is 0 Å². The Hall–Kier alpha value is -3.94. The molecule has 0 radical (unpaired) electrons. The minimum Gasteiger partial charge on any atom is -0.482 e. The summed E-state index contributed by atoms with van der Waals surface area (Å²) >= 11 is 0. The Balaban J connectivity index is 1.37. The fraction of sp³-hybridized carbons (Fsp3) is 0.182. The summed E-state index contributed by atoms with van der Waals surface area (Å²) in [7, 11) is 0. The van der Waals surface area contributed by atoms with Gasteiger partial charge in [0, 0.05) is 23.1 Å². The van der Waals surface area contributed by atoms with E-state index in [2.05, 4.69) is 10.2 Å². The number of ether oxygens (including phenoxy) is 2. The van der Waals surface area contributed by atoms with Crippen LogP contribution in [-0.4, -0.2) is 22.8 Å². The molecular formula is C22H18N2O6. The van der Waals surface area contributed by atoms with Crippen molar-refractivity contribution in [1.82, 2.24) is 10.2 Å². The number of nitrogens with zero attached hydrogens (tertiary/aromatic N) is 2. The molecule has 2 aromatic heterocycles. The quantitative estimate of drug-likeness (QED) is 0.351. The van der Waals surface area contributed by atoms with Gasteiger partial charge in [0.25, 0.3) is 5.89 Å². The second-order valence-electron chi connectivity index (χ2n) is 6.64. The summed E-state index contributed by atoms with van der Waals surface area (Å²) in [6, 6.07) is 15.7. The van der Waals surface area contributed by atoms with Gasteiger partial charge in [0.1, 0.15) is 11.3 Å². The highest BCUT2D eigenvalue weighted by molar-refractivity contribution is 5.81. The lowest BCUT2D eigenvalue weighted by Crippen LogP contribution is -2.17. The molecule has 0 amide bonds. The number of aryl methyl sites for hydroxylation is 1. The maximum Gasteiger partial charge on any atom is 0.344 e. The number of hydrogen-bond donors (Lipinski definition) is 0. The molecule has 0 fully saturated rings. The molecule has 1 atom stereocenters. The summed E-state index contributed by atoms with van der Waals surface area (Å²) in [5.74, 6) is 0.306. The van der Waals surface area contributed by atoms with Crippen LogP contribution in [0.25, 0.3) is 22.4 Å². The molecule has 8 nitrogen and oxygen atoms in total. The van der Waals surface area contributed by atoms with Gasteiger partial charge in [0.05, 0.1) is 0 Å². The number of rotatable bonds is 6. The zero-order chi connectivity index (χ0) is 21.1. The Morgan fingerprint density at radius 2 is 1.87 bits per heavy atom. The molecule has 0 bridgehead atoms. The summed E-state index contributed by atoms with van der Waals surface area (Å²) in [5, 5.41) is 8.71. The molecule has 2 heterocycles. The van der Waals surface area contributed by atoms with E-state index >= 15 is 0 Å². The summed E-state index contributed by atoms with van der Waals surface area (Å²) < 4.78 is 21.5. The topological polar surface area (TPSA) is 105 Å². The van der Waals surface area contributed by atoms with Gasteiger partial charge in [-0.25, -0.2) is 9.59 Å². The van der Waals surface area contributed by atoms with Crippen molar-refractivity contribution in [2.75, 3.05) is 6.61 Å². The summed E-state index contributed by atoms with van der Waals surface area (Å²) in [4.78, 5) is 23.7. The first kappa shape index (κ1) is 19.4. The molecule has 0 aliphatic rings. The van der Waals surface area contributed by atoms with Crippen molar-refractivity contribution in [2.45, 2.75) is 20.0 Å². The standard InChI is InChI=1S/C22H18N2O6/c1-13-10-19(25)29-18-11-16(8-9-17(13)18)27-12-20(26)28-14(2)21-23-24-22(30-21)15-6-4-3-5-7-15/h3-11,14H,12H2,1-2H3/t14-/m1/s1. The maximum atomic E-state index is 12.1. The molecule has 30 heavy (non-hydrogen) atoms. The third-order valence-electron chi connectivity index (χ3n) is 4.40. The van der Waals surface area contributed by atoms with Gasteiger partial charge in [-0.2, -0.15) is 0 Å². The van der Waals surface area contributed by atoms with E-state index in [1.54, 1.807) is 25.1 Å².